The fourth-order valence-corrected chi connectivity index (χ4v) is 2.76. The van der Waals surface area contributed by atoms with Gasteiger partial charge in [0.2, 0.25) is 0 Å². The molecule has 0 fully saturated rings. The van der Waals surface area contributed by atoms with Crippen molar-refractivity contribution in [2.45, 2.75) is 6.54 Å². The third-order valence-corrected chi connectivity index (χ3v) is 3.98. The molecule has 8 heteroatoms. The molecule has 1 aliphatic heterocycles. The number of benzene rings is 2. The summed E-state index contributed by atoms with van der Waals surface area (Å²) in [5.41, 5.74) is 0.766. The first kappa shape index (κ1) is 17.6. The predicted molar refractivity (Wildman–Crippen MR) is 91.2 cm³/mol. The predicted octanol–water partition coefficient (Wildman–Crippen LogP) is 3.60. The van der Waals surface area contributed by atoms with Gasteiger partial charge in [-0.05, 0) is 35.9 Å². The minimum absolute atomic E-state index is 0.103. The van der Waals surface area contributed by atoms with E-state index in [0.717, 1.165) is 11.6 Å². The summed E-state index contributed by atoms with van der Waals surface area (Å²) in [7, 11) is 0. The van der Waals surface area contributed by atoms with Crippen LogP contribution in [0, 0.1) is 5.82 Å². The van der Waals surface area contributed by atoms with E-state index in [0.29, 0.717) is 29.7 Å². The Kier molecular flexibility index (Phi) is 5.50. The number of halogens is 3. The molecule has 0 saturated carbocycles. The largest absolute Gasteiger partial charge is 0.486 e. The molecule has 5 nitrogen and oxygen atoms in total. The molecule has 1 amide bonds. The maximum absolute atomic E-state index is 13.0. The average molecular weight is 386 g/mol. The molecule has 132 valence electrons. The molecule has 0 atom stereocenters. The first-order valence-electron chi connectivity index (χ1n) is 7.45. The van der Waals surface area contributed by atoms with Crippen LogP contribution >= 0.6 is 23.2 Å². The summed E-state index contributed by atoms with van der Waals surface area (Å²) >= 11 is 12.0. The lowest BCUT2D eigenvalue weighted by molar-refractivity contribution is -0.123. The number of hydrogen-bond acceptors (Lipinski definition) is 4. The molecule has 2 aromatic carbocycles. The van der Waals surface area contributed by atoms with E-state index in [1.165, 1.54) is 12.1 Å². The van der Waals surface area contributed by atoms with E-state index in [4.69, 9.17) is 37.4 Å². The molecule has 2 aromatic rings. The van der Waals surface area contributed by atoms with Gasteiger partial charge in [-0.1, -0.05) is 23.2 Å². The second kappa shape index (κ2) is 7.80. The molecule has 1 aliphatic rings. The van der Waals surface area contributed by atoms with Crippen LogP contribution < -0.4 is 19.5 Å². The Labute approximate surface area is 153 Å². The molecule has 0 aromatic heterocycles. The topological polar surface area (TPSA) is 56.8 Å². The third-order valence-electron chi connectivity index (χ3n) is 3.40. The molecule has 0 radical (unpaired) electrons. The molecule has 1 heterocycles. The monoisotopic (exact) mass is 385 g/mol. The van der Waals surface area contributed by atoms with Crippen molar-refractivity contribution in [2.75, 3.05) is 19.8 Å². The van der Waals surface area contributed by atoms with E-state index < -0.39 is 5.82 Å². The minimum atomic E-state index is -0.475. The number of carbonyl (C=O) groups is 1. The number of amides is 1. The Balaban J connectivity index is 1.54. The molecule has 1 N–H and O–H groups in total. The highest BCUT2D eigenvalue weighted by Gasteiger charge is 2.17. The van der Waals surface area contributed by atoms with Crippen molar-refractivity contribution in [1.82, 2.24) is 5.32 Å². The molecule has 0 spiro atoms. The Hall–Kier alpha value is -2.18. The second-order valence-corrected chi connectivity index (χ2v) is 6.06. The van der Waals surface area contributed by atoms with Crippen molar-refractivity contribution in [2.24, 2.45) is 0 Å². The van der Waals surface area contributed by atoms with Crippen LogP contribution in [0.2, 0.25) is 10.0 Å². The summed E-state index contributed by atoms with van der Waals surface area (Å²) in [5.74, 6) is 0.471. The summed E-state index contributed by atoms with van der Waals surface area (Å²) in [6.07, 6.45) is 0. The fraction of sp³-hybridized carbons (Fsp3) is 0.235. The van der Waals surface area contributed by atoms with Gasteiger partial charge in [0.15, 0.2) is 18.1 Å². The van der Waals surface area contributed by atoms with E-state index in [1.54, 1.807) is 12.1 Å². The van der Waals surface area contributed by atoms with Crippen molar-refractivity contribution in [1.29, 1.82) is 0 Å². The van der Waals surface area contributed by atoms with E-state index in [1.807, 2.05) is 0 Å². The SMILES string of the molecule is O=C(COc1ccc(F)cc1Cl)NCc1cc(Cl)c2c(c1)OCCO2. The van der Waals surface area contributed by atoms with E-state index >= 15 is 0 Å². The maximum Gasteiger partial charge on any atom is 0.258 e. The summed E-state index contributed by atoms with van der Waals surface area (Å²) in [4.78, 5) is 11.9. The van der Waals surface area contributed by atoms with Crippen LogP contribution in [0.1, 0.15) is 5.56 Å². The van der Waals surface area contributed by atoms with Crippen LogP contribution in [-0.2, 0) is 11.3 Å². The molecular formula is C17H14Cl2FNO4. The first-order chi connectivity index (χ1) is 12.0. The lowest BCUT2D eigenvalue weighted by Crippen LogP contribution is -2.28. The molecule has 0 unspecified atom stereocenters. The highest BCUT2D eigenvalue weighted by atomic mass is 35.5. The lowest BCUT2D eigenvalue weighted by atomic mass is 10.2. The summed E-state index contributed by atoms with van der Waals surface area (Å²) in [6.45, 7) is 0.900. The van der Waals surface area contributed by atoms with Crippen molar-refractivity contribution >= 4 is 29.1 Å². The summed E-state index contributed by atoms with van der Waals surface area (Å²) in [6, 6.07) is 7.15. The molecular weight excluding hydrogens is 372 g/mol. The van der Waals surface area contributed by atoms with Crippen LogP contribution in [0.4, 0.5) is 4.39 Å². The van der Waals surface area contributed by atoms with Gasteiger partial charge in [-0.2, -0.15) is 0 Å². The quantitative estimate of drug-likeness (QED) is 0.853. The normalized spacial score (nSPS) is 12.6. The number of nitrogens with one attached hydrogen (secondary N) is 1. The van der Waals surface area contributed by atoms with Crippen LogP contribution in [-0.4, -0.2) is 25.7 Å². The van der Waals surface area contributed by atoms with Gasteiger partial charge in [-0.25, -0.2) is 4.39 Å². The van der Waals surface area contributed by atoms with Gasteiger partial charge >= 0.3 is 0 Å². The maximum atomic E-state index is 13.0. The second-order valence-electron chi connectivity index (χ2n) is 5.24. The number of carbonyl (C=O) groups excluding carboxylic acids is 1. The smallest absolute Gasteiger partial charge is 0.258 e. The zero-order valence-electron chi connectivity index (χ0n) is 13.0. The summed E-state index contributed by atoms with van der Waals surface area (Å²) in [5, 5.41) is 3.23. The van der Waals surface area contributed by atoms with Gasteiger partial charge in [0.05, 0.1) is 10.0 Å². The van der Waals surface area contributed by atoms with Gasteiger partial charge in [-0.15, -0.1) is 0 Å². The van der Waals surface area contributed by atoms with Crippen LogP contribution in [0.5, 0.6) is 17.2 Å². The summed E-state index contributed by atoms with van der Waals surface area (Å²) < 4.78 is 29.2. The van der Waals surface area contributed by atoms with Crippen LogP contribution in [0.15, 0.2) is 30.3 Å². The number of hydrogen-bond donors (Lipinski definition) is 1. The van der Waals surface area contributed by atoms with Crippen LogP contribution in [0.25, 0.3) is 0 Å². The fourth-order valence-electron chi connectivity index (χ4n) is 2.25. The van der Waals surface area contributed by atoms with Crippen LogP contribution in [0.3, 0.4) is 0 Å². The Morgan fingerprint density at radius 3 is 2.76 bits per heavy atom. The number of rotatable bonds is 5. The standard InChI is InChI=1S/C17H14Cl2FNO4/c18-12-7-11(20)1-2-14(12)25-9-16(22)21-8-10-5-13(19)17-15(6-10)23-3-4-24-17/h1-2,5-7H,3-4,8-9H2,(H,21,22). The van der Waals surface area contributed by atoms with Gasteiger partial charge in [-0.3, -0.25) is 4.79 Å². The van der Waals surface area contributed by atoms with Gasteiger partial charge < -0.3 is 19.5 Å². The highest BCUT2D eigenvalue weighted by Crippen LogP contribution is 2.38. The Morgan fingerprint density at radius 2 is 1.96 bits per heavy atom. The highest BCUT2D eigenvalue weighted by molar-refractivity contribution is 6.32. The minimum Gasteiger partial charge on any atom is -0.486 e. The Bertz CT molecular complexity index is 800. The van der Waals surface area contributed by atoms with E-state index in [9.17, 15) is 9.18 Å². The molecule has 0 aliphatic carbocycles. The van der Waals surface area contributed by atoms with Gasteiger partial charge in [0.25, 0.3) is 5.91 Å². The zero-order valence-corrected chi connectivity index (χ0v) is 14.5. The third kappa shape index (κ3) is 4.46. The molecule has 3 rings (SSSR count). The van der Waals surface area contributed by atoms with Crippen molar-refractivity contribution in [3.05, 3.63) is 51.8 Å². The molecule has 0 bridgehead atoms. The molecule has 0 saturated heterocycles. The lowest BCUT2D eigenvalue weighted by Gasteiger charge is -2.20. The van der Waals surface area contributed by atoms with E-state index in [-0.39, 0.29) is 29.8 Å². The van der Waals surface area contributed by atoms with Crippen molar-refractivity contribution < 1.29 is 23.4 Å². The van der Waals surface area contributed by atoms with Gasteiger partial charge in [0.1, 0.15) is 24.8 Å². The average Bonchev–Trinajstić information content (AvgIpc) is 2.59. The van der Waals surface area contributed by atoms with Gasteiger partial charge in [0, 0.05) is 6.54 Å². The number of ether oxygens (including phenoxy) is 3. The molecule has 25 heavy (non-hydrogen) atoms. The number of fused-ring (bicyclic) bond motifs is 1. The Morgan fingerprint density at radius 1 is 1.16 bits per heavy atom. The van der Waals surface area contributed by atoms with Crippen molar-refractivity contribution in [3.63, 3.8) is 0 Å². The zero-order chi connectivity index (χ0) is 17.8. The van der Waals surface area contributed by atoms with Crippen molar-refractivity contribution in [3.8, 4) is 17.2 Å². The first-order valence-corrected chi connectivity index (χ1v) is 8.21. The van der Waals surface area contributed by atoms with E-state index in [2.05, 4.69) is 5.32 Å².